The van der Waals surface area contributed by atoms with Gasteiger partial charge in [0.05, 0.1) is 6.61 Å². The molecule has 18 heavy (non-hydrogen) atoms. The molecular formula is C15H21NO2. The Morgan fingerprint density at radius 1 is 1.22 bits per heavy atom. The molecule has 0 aromatic heterocycles. The number of benzene rings is 1. The van der Waals surface area contributed by atoms with Crippen LogP contribution in [0.5, 0.6) is 0 Å². The van der Waals surface area contributed by atoms with Crippen LogP contribution in [0.1, 0.15) is 32.4 Å². The van der Waals surface area contributed by atoms with Gasteiger partial charge in [-0.25, -0.2) is 4.99 Å². The van der Waals surface area contributed by atoms with Crippen molar-refractivity contribution in [3.05, 3.63) is 35.9 Å². The van der Waals surface area contributed by atoms with Crippen molar-refractivity contribution in [3.8, 4) is 0 Å². The van der Waals surface area contributed by atoms with Gasteiger partial charge in [-0.1, -0.05) is 51.1 Å². The van der Waals surface area contributed by atoms with Crippen LogP contribution in [0.3, 0.4) is 0 Å². The molecule has 0 amide bonds. The van der Waals surface area contributed by atoms with E-state index in [0.29, 0.717) is 6.61 Å². The lowest BCUT2D eigenvalue weighted by Crippen LogP contribution is -2.22. The SMILES string of the molecule is COC[C@@H]1N=C(C(C)(C)C)O[C@@H]1c1ccccc1. The second kappa shape index (κ2) is 5.11. The summed E-state index contributed by atoms with van der Waals surface area (Å²) in [6.07, 6.45) is -0.0274. The molecule has 3 nitrogen and oxygen atoms in total. The number of hydrogen-bond acceptors (Lipinski definition) is 3. The zero-order valence-electron chi connectivity index (χ0n) is 11.5. The average molecular weight is 247 g/mol. The summed E-state index contributed by atoms with van der Waals surface area (Å²) in [6.45, 7) is 6.92. The Balaban J connectivity index is 2.23. The third-order valence-corrected chi connectivity index (χ3v) is 2.98. The maximum absolute atomic E-state index is 6.05. The summed E-state index contributed by atoms with van der Waals surface area (Å²) in [5, 5.41) is 0. The van der Waals surface area contributed by atoms with Crippen LogP contribution >= 0.6 is 0 Å². The van der Waals surface area contributed by atoms with Crippen LogP contribution in [0, 0.1) is 5.41 Å². The van der Waals surface area contributed by atoms with E-state index in [1.54, 1.807) is 7.11 Å². The Morgan fingerprint density at radius 2 is 1.89 bits per heavy atom. The molecule has 3 heteroatoms. The molecule has 1 aliphatic heterocycles. The minimum absolute atomic E-state index is 0.0274. The molecule has 0 fully saturated rings. The fourth-order valence-corrected chi connectivity index (χ4v) is 2.05. The van der Waals surface area contributed by atoms with Crippen LogP contribution in [-0.4, -0.2) is 25.7 Å². The van der Waals surface area contributed by atoms with Gasteiger partial charge in [-0.05, 0) is 5.56 Å². The van der Waals surface area contributed by atoms with Gasteiger partial charge < -0.3 is 9.47 Å². The average Bonchev–Trinajstić information content (AvgIpc) is 2.75. The van der Waals surface area contributed by atoms with Crippen LogP contribution < -0.4 is 0 Å². The second-order valence-corrected chi connectivity index (χ2v) is 5.66. The van der Waals surface area contributed by atoms with E-state index < -0.39 is 0 Å². The third-order valence-electron chi connectivity index (χ3n) is 2.98. The van der Waals surface area contributed by atoms with E-state index in [1.807, 2.05) is 18.2 Å². The topological polar surface area (TPSA) is 30.8 Å². The Labute approximate surface area is 109 Å². The highest BCUT2D eigenvalue weighted by atomic mass is 16.5. The van der Waals surface area contributed by atoms with E-state index in [1.165, 1.54) is 0 Å². The minimum atomic E-state index is -0.0600. The van der Waals surface area contributed by atoms with Crippen molar-refractivity contribution in [3.63, 3.8) is 0 Å². The van der Waals surface area contributed by atoms with E-state index in [4.69, 9.17) is 9.47 Å². The Hall–Kier alpha value is -1.35. The summed E-state index contributed by atoms with van der Waals surface area (Å²) in [7, 11) is 1.70. The molecule has 98 valence electrons. The first-order valence-corrected chi connectivity index (χ1v) is 6.31. The summed E-state index contributed by atoms with van der Waals surface area (Å²) in [5.74, 6) is 0.818. The summed E-state index contributed by atoms with van der Waals surface area (Å²) in [4.78, 5) is 4.68. The van der Waals surface area contributed by atoms with E-state index in [9.17, 15) is 0 Å². The molecule has 0 bridgehead atoms. The van der Waals surface area contributed by atoms with Crippen LogP contribution in [0.2, 0.25) is 0 Å². The van der Waals surface area contributed by atoms with E-state index in [0.717, 1.165) is 11.5 Å². The largest absolute Gasteiger partial charge is 0.470 e. The molecule has 1 aromatic carbocycles. The van der Waals surface area contributed by atoms with E-state index in [2.05, 4.69) is 37.9 Å². The lowest BCUT2D eigenvalue weighted by Gasteiger charge is -2.21. The minimum Gasteiger partial charge on any atom is -0.470 e. The van der Waals surface area contributed by atoms with E-state index in [-0.39, 0.29) is 17.6 Å². The molecule has 1 heterocycles. The Kier molecular flexibility index (Phi) is 3.71. The zero-order chi connectivity index (χ0) is 13.2. The number of methoxy groups -OCH3 is 1. The molecule has 0 radical (unpaired) electrons. The molecule has 0 unspecified atom stereocenters. The standard InChI is InChI=1S/C15H21NO2/c1-15(2,3)14-16-12(10-17-4)13(18-14)11-8-6-5-7-9-11/h5-9,12-13H,10H2,1-4H3/t12-,13+/m0/s1. The van der Waals surface area contributed by atoms with Crippen molar-refractivity contribution in [2.75, 3.05) is 13.7 Å². The third kappa shape index (κ3) is 2.72. The van der Waals surface area contributed by atoms with Crippen LogP contribution in [0.15, 0.2) is 35.3 Å². The van der Waals surface area contributed by atoms with Crippen LogP contribution in [0.25, 0.3) is 0 Å². The van der Waals surface area contributed by atoms with Crippen LogP contribution in [0.4, 0.5) is 0 Å². The fourth-order valence-electron chi connectivity index (χ4n) is 2.05. The maximum Gasteiger partial charge on any atom is 0.190 e. The molecule has 0 aliphatic carbocycles. The molecule has 0 spiro atoms. The first-order chi connectivity index (χ1) is 8.52. The van der Waals surface area contributed by atoms with Gasteiger partial charge in [-0.2, -0.15) is 0 Å². The molecule has 0 N–H and O–H groups in total. The van der Waals surface area contributed by atoms with Gasteiger partial charge >= 0.3 is 0 Å². The van der Waals surface area contributed by atoms with Crippen molar-refractivity contribution < 1.29 is 9.47 Å². The summed E-state index contributed by atoms with van der Waals surface area (Å²) >= 11 is 0. The van der Waals surface area contributed by atoms with Gasteiger partial charge in [0.25, 0.3) is 0 Å². The summed E-state index contributed by atoms with van der Waals surface area (Å²) in [5.41, 5.74) is 1.10. The van der Waals surface area contributed by atoms with Gasteiger partial charge in [-0.15, -0.1) is 0 Å². The molecule has 2 rings (SSSR count). The maximum atomic E-state index is 6.05. The Bertz CT molecular complexity index is 420. The van der Waals surface area contributed by atoms with Gasteiger partial charge in [0.1, 0.15) is 12.1 Å². The predicted octanol–water partition coefficient (Wildman–Crippen LogP) is 3.22. The molecule has 1 aliphatic rings. The van der Waals surface area contributed by atoms with Crippen molar-refractivity contribution in [2.24, 2.45) is 10.4 Å². The van der Waals surface area contributed by atoms with Crippen LogP contribution in [-0.2, 0) is 9.47 Å². The van der Waals surface area contributed by atoms with Crippen molar-refractivity contribution in [1.82, 2.24) is 0 Å². The number of ether oxygens (including phenoxy) is 2. The monoisotopic (exact) mass is 247 g/mol. The highest BCUT2D eigenvalue weighted by Crippen LogP contribution is 2.34. The quantitative estimate of drug-likeness (QED) is 0.821. The summed E-state index contributed by atoms with van der Waals surface area (Å²) in [6, 6.07) is 10.3. The molecule has 0 saturated carbocycles. The predicted molar refractivity (Wildman–Crippen MR) is 72.8 cm³/mol. The van der Waals surface area contributed by atoms with Gasteiger partial charge in [0, 0.05) is 12.5 Å². The van der Waals surface area contributed by atoms with Crippen molar-refractivity contribution >= 4 is 5.90 Å². The normalized spacial score (nSPS) is 23.7. The highest BCUT2D eigenvalue weighted by Gasteiger charge is 2.36. The zero-order valence-corrected chi connectivity index (χ0v) is 11.5. The fraction of sp³-hybridized carbons (Fsp3) is 0.533. The molecule has 1 aromatic rings. The second-order valence-electron chi connectivity index (χ2n) is 5.66. The van der Waals surface area contributed by atoms with Gasteiger partial charge in [0.2, 0.25) is 0 Å². The molecule has 0 saturated heterocycles. The summed E-state index contributed by atoms with van der Waals surface area (Å²) < 4.78 is 11.3. The number of aliphatic imine (C=N–C) groups is 1. The number of hydrogen-bond donors (Lipinski definition) is 0. The number of nitrogens with zero attached hydrogens (tertiary/aromatic N) is 1. The van der Waals surface area contributed by atoms with Crippen molar-refractivity contribution in [1.29, 1.82) is 0 Å². The van der Waals surface area contributed by atoms with Gasteiger partial charge in [-0.3, -0.25) is 0 Å². The van der Waals surface area contributed by atoms with E-state index >= 15 is 0 Å². The molecular weight excluding hydrogens is 226 g/mol. The lowest BCUT2D eigenvalue weighted by atomic mass is 9.97. The Morgan fingerprint density at radius 3 is 2.44 bits per heavy atom. The lowest BCUT2D eigenvalue weighted by molar-refractivity contribution is 0.114. The first kappa shape index (κ1) is 13.1. The molecule has 2 atom stereocenters. The number of rotatable bonds is 3. The smallest absolute Gasteiger partial charge is 0.190 e. The van der Waals surface area contributed by atoms with Crippen molar-refractivity contribution in [2.45, 2.75) is 32.9 Å². The van der Waals surface area contributed by atoms with Gasteiger partial charge in [0.15, 0.2) is 5.90 Å². The highest BCUT2D eigenvalue weighted by molar-refractivity contribution is 5.83. The first-order valence-electron chi connectivity index (χ1n) is 6.31.